The summed E-state index contributed by atoms with van der Waals surface area (Å²) in [6.07, 6.45) is 0.603. The number of benzene rings is 2. The fraction of sp³-hybridized carbons (Fsp3) is 0.379. The average molecular weight is 486 g/mol. The molecule has 0 saturated carbocycles. The lowest BCUT2D eigenvalue weighted by atomic mass is 10.1. The van der Waals surface area contributed by atoms with Crippen molar-refractivity contribution in [1.29, 1.82) is 0 Å². The zero-order valence-electron chi connectivity index (χ0n) is 21.4. The minimum atomic E-state index is -0.415. The van der Waals surface area contributed by atoms with Crippen molar-refractivity contribution in [2.75, 3.05) is 44.7 Å². The summed E-state index contributed by atoms with van der Waals surface area (Å²) < 4.78 is 7.71. The second kappa shape index (κ2) is 10.6. The van der Waals surface area contributed by atoms with Crippen LogP contribution in [-0.4, -0.2) is 72.1 Å². The number of anilines is 1. The Hall–Kier alpha value is -3.58. The maximum atomic E-state index is 13.6. The highest BCUT2D eigenvalue weighted by Crippen LogP contribution is 2.27. The summed E-state index contributed by atoms with van der Waals surface area (Å²) in [6, 6.07) is 21.8. The highest BCUT2D eigenvalue weighted by molar-refractivity contribution is 6.22. The predicted octanol–water partition coefficient (Wildman–Crippen LogP) is 3.75. The van der Waals surface area contributed by atoms with Gasteiger partial charge in [-0.1, -0.05) is 30.3 Å². The largest absolute Gasteiger partial charge is 0.497 e. The van der Waals surface area contributed by atoms with Crippen LogP contribution in [0.15, 0.2) is 71.7 Å². The van der Waals surface area contributed by atoms with Gasteiger partial charge in [0.1, 0.15) is 11.8 Å². The summed E-state index contributed by atoms with van der Waals surface area (Å²) in [5, 5.41) is 0. The van der Waals surface area contributed by atoms with Crippen molar-refractivity contribution in [1.82, 2.24) is 14.4 Å². The Balaban J connectivity index is 1.30. The molecule has 0 spiro atoms. The molecule has 2 aliphatic heterocycles. The Bertz CT molecular complexity index is 1190. The van der Waals surface area contributed by atoms with Crippen molar-refractivity contribution >= 4 is 17.6 Å². The number of amides is 1. The van der Waals surface area contributed by atoms with Gasteiger partial charge in [-0.3, -0.25) is 9.69 Å². The summed E-state index contributed by atoms with van der Waals surface area (Å²) in [5.41, 5.74) is 4.57. The summed E-state index contributed by atoms with van der Waals surface area (Å²) in [5.74, 6) is 1.56. The third-order valence-corrected chi connectivity index (χ3v) is 7.29. The first kappa shape index (κ1) is 24.1. The topological polar surface area (TPSA) is 53.3 Å². The smallest absolute Gasteiger partial charge is 0.259 e. The maximum absolute atomic E-state index is 13.6. The Labute approximate surface area is 213 Å². The van der Waals surface area contributed by atoms with Crippen LogP contribution in [0.25, 0.3) is 0 Å². The molecule has 0 bridgehead atoms. The molecule has 36 heavy (non-hydrogen) atoms. The number of carbonyl (C=O) groups is 1. The van der Waals surface area contributed by atoms with Crippen LogP contribution in [0.3, 0.4) is 0 Å². The predicted molar refractivity (Wildman–Crippen MR) is 144 cm³/mol. The molecule has 7 heteroatoms. The van der Waals surface area contributed by atoms with E-state index in [0.29, 0.717) is 6.42 Å². The lowest BCUT2D eigenvalue weighted by Crippen LogP contribution is -2.53. The van der Waals surface area contributed by atoms with Crippen LogP contribution in [0.4, 0.5) is 5.69 Å². The summed E-state index contributed by atoms with van der Waals surface area (Å²) in [7, 11) is 1.65. The number of hydrogen-bond acceptors (Lipinski definition) is 5. The van der Waals surface area contributed by atoms with Crippen molar-refractivity contribution in [3.8, 4) is 5.75 Å². The summed E-state index contributed by atoms with van der Waals surface area (Å²) >= 11 is 0. The van der Waals surface area contributed by atoms with Gasteiger partial charge in [-0.15, -0.1) is 0 Å². The van der Waals surface area contributed by atoms with E-state index in [0.717, 1.165) is 62.2 Å². The van der Waals surface area contributed by atoms with Crippen LogP contribution in [0.2, 0.25) is 0 Å². The van der Waals surface area contributed by atoms with Crippen LogP contribution in [-0.2, 0) is 17.8 Å². The summed E-state index contributed by atoms with van der Waals surface area (Å²) in [6.45, 7) is 9.95. The van der Waals surface area contributed by atoms with Crippen molar-refractivity contribution in [2.45, 2.75) is 32.9 Å². The average Bonchev–Trinajstić information content (AvgIpc) is 3.41. The van der Waals surface area contributed by atoms with Gasteiger partial charge in [-0.05, 0) is 55.8 Å². The van der Waals surface area contributed by atoms with Gasteiger partial charge in [0.15, 0.2) is 0 Å². The first-order valence-corrected chi connectivity index (χ1v) is 12.7. The molecular formula is C29H35N5O2. The number of nitrogens with zero attached hydrogens (tertiary/aromatic N) is 5. The zero-order chi connectivity index (χ0) is 25.1. The first-order chi connectivity index (χ1) is 17.5. The number of aryl methyl sites for hydroxylation is 2. The molecule has 0 aliphatic carbocycles. The summed E-state index contributed by atoms with van der Waals surface area (Å²) in [4.78, 5) is 25.2. The van der Waals surface area contributed by atoms with Gasteiger partial charge in [0, 0.05) is 57.1 Å². The Morgan fingerprint density at radius 3 is 2.17 bits per heavy atom. The van der Waals surface area contributed by atoms with Gasteiger partial charge in [0.25, 0.3) is 5.91 Å². The number of guanidine groups is 1. The number of rotatable bonds is 7. The molecule has 3 aromatic rings. The monoisotopic (exact) mass is 485 g/mol. The van der Waals surface area contributed by atoms with E-state index in [9.17, 15) is 4.79 Å². The Morgan fingerprint density at radius 2 is 1.53 bits per heavy atom. The number of aromatic nitrogens is 1. The molecule has 0 N–H and O–H groups in total. The second-order valence-electron chi connectivity index (χ2n) is 9.60. The van der Waals surface area contributed by atoms with Crippen molar-refractivity contribution < 1.29 is 9.53 Å². The number of aliphatic imine (C=N–C) groups is 1. The number of ether oxygens (including phenoxy) is 1. The molecule has 1 aromatic heterocycles. The Morgan fingerprint density at radius 1 is 0.861 bits per heavy atom. The molecule has 1 fully saturated rings. The number of hydrogen-bond donors (Lipinski definition) is 0. The molecule has 3 heterocycles. The van der Waals surface area contributed by atoms with Crippen LogP contribution in [0, 0.1) is 13.8 Å². The molecule has 0 radical (unpaired) electrons. The van der Waals surface area contributed by atoms with Crippen LogP contribution in [0.5, 0.6) is 5.75 Å². The maximum Gasteiger partial charge on any atom is 0.259 e. The van der Waals surface area contributed by atoms with Crippen molar-refractivity contribution in [2.24, 2.45) is 4.99 Å². The third kappa shape index (κ3) is 5.02. The van der Waals surface area contributed by atoms with E-state index >= 15 is 0 Å². The van der Waals surface area contributed by atoms with Crippen LogP contribution >= 0.6 is 0 Å². The molecule has 1 amide bonds. The van der Waals surface area contributed by atoms with Gasteiger partial charge in [-0.2, -0.15) is 0 Å². The number of carbonyl (C=O) groups excluding carboxylic acids is 1. The van der Waals surface area contributed by atoms with E-state index in [4.69, 9.17) is 9.73 Å². The molecule has 188 valence electrons. The molecule has 7 nitrogen and oxygen atoms in total. The van der Waals surface area contributed by atoms with E-state index in [-0.39, 0.29) is 5.91 Å². The van der Waals surface area contributed by atoms with Gasteiger partial charge < -0.3 is 14.2 Å². The van der Waals surface area contributed by atoms with Crippen molar-refractivity contribution in [3.05, 3.63) is 83.7 Å². The molecule has 5 rings (SSSR count). The Kier molecular flexibility index (Phi) is 7.09. The third-order valence-electron chi connectivity index (χ3n) is 7.29. The standard InChI is InChI=1S/C29H35N5O2/c1-22-9-10-23(2)33(22)20-17-31-15-18-32(19-16-31)29-30-27(21-24-7-5-4-6-8-24)28(35)34(29)25-11-13-26(36-3)14-12-25/h4-14,27H,15-21H2,1-3H3. The van der Waals surface area contributed by atoms with E-state index in [2.05, 4.69) is 52.5 Å². The SMILES string of the molecule is COc1ccc(N2C(=O)C(Cc3ccccc3)N=C2N2CCN(CCn3c(C)ccc3C)CC2)cc1. The molecule has 1 saturated heterocycles. The van der Waals surface area contributed by atoms with Crippen LogP contribution in [0.1, 0.15) is 17.0 Å². The normalized spacial score (nSPS) is 18.6. The van der Waals surface area contributed by atoms with Gasteiger partial charge >= 0.3 is 0 Å². The number of methoxy groups -OCH3 is 1. The lowest BCUT2D eigenvalue weighted by molar-refractivity contribution is -0.118. The fourth-order valence-corrected chi connectivity index (χ4v) is 5.13. The van der Waals surface area contributed by atoms with Gasteiger partial charge in [0.2, 0.25) is 5.96 Å². The van der Waals surface area contributed by atoms with Crippen LogP contribution < -0.4 is 9.64 Å². The van der Waals surface area contributed by atoms with E-state index in [1.807, 2.05) is 42.5 Å². The van der Waals surface area contributed by atoms with E-state index < -0.39 is 6.04 Å². The second-order valence-corrected chi connectivity index (χ2v) is 9.60. The fourth-order valence-electron chi connectivity index (χ4n) is 5.13. The molecule has 1 atom stereocenters. The van der Waals surface area contributed by atoms with Crippen molar-refractivity contribution in [3.63, 3.8) is 0 Å². The van der Waals surface area contributed by atoms with E-state index in [1.165, 1.54) is 11.4 Å². The zero-order valence-corrected chi connectivity index (χ0v) is 21.4. The van der Waals surface area contributed by atoms with Gasteiger partial charge in [-0.25, -0.2) is 9.89 Å². The molecular weight excluding hydrogens is 450 g/mol. The number of piperazine rings is 1. The quantitative estimate of drug-likeness (QED) is 0.512. The molecule has 1 unspecified atom stereocenters. The lowest BCUT2D eigenvalue weighted by Gasteiger charge is -2.37. The minimum Gasteiger partial charge on any atom is -0.497 e. The molecule has 2 aromatic carbocycles. The minimum absolute atomic E-state index is 0.0278. The highest BCUT2D eigenvalue weighted by atomic mass is 16.5. The molecule has 2 aliphatic rings. The van der Waals surface area contributed by atoms with Gasteiger partial charge in [0.05, 0.1) is 12.8 Å². The highest BCUT2D eigenvalue weighted by Gasteiger charge is 2.39. The first-order valence-electron chi connectivity index (χ1n) is 12.7. The van der Waals surface area contributed by atoms with E-state index in [1.54, 1.807) is 12.0 Å².